The fourth-order valence-electron chi connectivity index (χ4n) is 0.850. The number of ketones is 1. The molecule has 0 bridgehead atoms. The predicted octanol–water partition coefficient (Wildman–Crippen LogP) is -0.0802. The van der Waals surface area contributed by atoms with Gasteiger partial charge in [-0.25, -0.2) is 0 Å². The van der Waals surface area contributed by atoms with Gasteiger partial charge in [-0.05, 0) is 0 Å². The van der Waals surface area contributed by atoms with E-state index in [9.17, 15) is 14.4 Å². The Morgan fingerprint density at radius 1 is 1.55 bits per heavy atom. The maximum Gasteiger partial charge on any atom is 0.322 e. The molecule has 1 atom stereocenters. The first-order valence-electron chi connectivity index (χ1n) is 3.05. The minimum Gasteiger partial charge on any atom is -0.480 e. The van der Waals surface area contributed by atoms with E-state index in [1.165, 1.54) is 0 Å². The molecule has 0 aromatic rings. The lowest BCUT2D eigenvalue weighted by Gasteiger charge is -2.13. The van der Waals surface area contributed by atoms with Crippen molar-refractivity contribution in [3.63, 3.8) is 0 Å². The fraction of sp³-hybridized carbons (Fsp3) is 0.500. The smallest absolute Gasteiger partial charge is 0.322 e. The summed E-state index contributed by atoms with van der Waals surface area (Å²) in [5.74, 6) is -2.79. The quantitative estimate of drug-likeness (QED) is 0.563. The van der Waals surface area contributed by atoms with Crippen molar-refractivity contribution in [2.45, 2.75) is 6.42 Å². The van der Waals surface area contributed by atoms with E-state index in [1.54, 1.807) is 0 Å². The van der Waals surface area contributed by atoms with E-state index in [2.05, 4.69) is 0 Å². The van der Waals surface area contributed by atoms with Crippen molar-refractivity contribution < 1.29 is 19.5 Å². The van der Waals surface area contributed by atoms with Gasteiger partial charge in [-0.1, -0.05) is 11.8 Å². The van der Waals surface area contributed by atoms with Crippen LogP contribution in [0.25, 0.3) is 0 Å². The second-order valence-corrected chi connectivity index (χ2v) is 3.25. The summed E-state index contributed by atoms with van der Waals surface area (Å²) in [7, 11) is 0. The fourth-order valence-corrected chi connectivity index (χ4v) is 1.75. The third-order valence-corrected chi connectivity index (χ3v) is 2.33. The van der Waals surface area contributed by atoms with Crippen LogP contribution >= 0.6 is 11.8 Å². The van der Waals surface area contributed by atoms with E-state index in [0.717, 1.165) is 11.8 Å². The third-order valence-electron chi connectivity index (χ3n) is 1.40. The van der Waals surface area contributed by atoms with Crippen LogP contribution in [0.3, 0.4) is 0 Å². The highest BCUT2D eigenvalue weighted by atomic mass is 32.2. The molecule has 0 radical (unpaired) electrons. The number of carbonyl (C=O) groups is 3. The molecule has 0 spiro atoms. The number of carboxylic acids is 1. The van der Waals surface area contributed by atoms with Crippen molar-refractivity contribution in [2.24, 2.45) is 5.92 Å². The summed E-state index contributed by atoms with van der Waals surface area (Å²) < 4.78 is 0. The molecular weight excluding hydrogens is 168 g/mol. The summed E-state index contributed by atoms with van der Waals surface area (Å²) in [5, 5.41) is 7.89. The number of rotatable bonds is 1. The molecule has 0 aromatic heterocycles. The van der Waals surface area contributed by atoms with Gasteiger partial charge in [0, 0.05) is 12.2 Å². The van der Waals surface area contributed by atoms with Gasteiger partial charge in [0.15, 0.2) is 11.7 Å². The van der Waals surface area contributed by atoms with Gasteiger partial charge in [-0.2, -0.15) is 0 Å². The van der Waals surface area contributed by atoms with Gasteiger partial charge in [0.2, 0.25) is 5.12 Å². The highest BCUT2D eigenvalue weighted by Crippen LogP contribution is 2.21. The minimum atomic E-state index is -1.41. The van der Waals surface area contributed by atoms with Gasteiger partial charge < -0.3 is 5.11 Å². The molecular formula is C6H6O4S. The van der Waals surface area contributed by atoms with Crippen LogP contribution in [0.5, 0.6) is 0 Å². The summed E-state index contributed by atoms with van der Waals surface area (Å²) in [5.41, 5.74) is 0. The minimum absolute atomic E-state index is 0.188. The van der Waals surface area contributed by atoms with Gasteiger partial charge in [0.1, 0.15) is 0 Å². The van der Waals surface area contributed by atoms with E-state index in [1.807, 2.05) is 0 Å². The molecule has 60 valence electrons. The molecule has 0 aromatic carbocycles. The van der Waals surface area contributed by atoms with Crippen molar-refractivity contribution in [1.29, 1.82) is 0 Å². The zero-order valence-corrected chi connectivity index (χ0v) is 6.39. The Morgan fingerprint density at radius 3 is 2.55 bits per heavy atom. The average molecular weight is 174 g/mol. The number of hydrogen-bond acceptors (Lipinski definition) is 4. The Labute approximate surface area is 67.0 Å². The second kappa shape index (κ2) is 3.04. The van der Waals surface area contributed by atoms with Crippen LogP contribution in [0.4, 0.5) is 0 Å². The monoisotopic (exact) mass is 174 g/mol. The standard InChI is InChI=1S/C6H6O4S/c7-3-1-2-11-6(10)4(3)5(8)9/h4H,1-2H2,(H,8,9). The van der Waals surface area contributed by atoms with Gasteiger partial charge in [-0.3, -0.25) is 14.4 Å². The van der Waals surface area contributed by atoms with Gasteiger partial charge >= 0.3 is 5.97 Å². The number of carboxylic acid groups (broad SMARTS) is 1. The summed E-state index contributed by atoms with van der Waals surface area (Å²) in [4.78, 5) is 32.0. The van der Waals surface area contributed by atoms with Gasteiger partial charge in [0.05, 0.1) is 0 Å². The Balaban J connectivity index is 2.79. The van der Waals surface area contributed by atoms with Gasteiger partial charge in [-0.15, -0.1) is 0 Å². The lowest BCUT2D eigenvalue weighted by Crippen LogP contribution is -2.33. The molecule has 1 rings (SSSR count). The molecule has 1 heterocycles. The van der Waals surface area contributed by atoms with Crippen LogP contribution < -0.4 is 0 Å². The highest BCUT2D eigenvalue weighted by molar-refractivity contribution is 8.13. The van der Waals surface area contributed by atoms with E-state index in [0.29, 0.717) is 5.75 Å². The van der Waals surface area contributed by atoms with Crippen molar-refractivity contribution in [1.82, 2.24) is 0 Å². The maximum absolute atomic E-state index is 10.8. The van der Waals surface area contributed by atoms with Gasteiger partial charge in [0.25, 0.3) is 0 Å². The summed E-state index contributed by atoms with van der Waals surface area (Å²) in [6, 6.07) is 0. The average Bonchev–Trinajstić information content (AvgIpc) is 1.85. The van der Waals surface area contributed by atoms with E-state index < -0.39 is 22.8 Å². The molecule has 1 unspecified atom stereocenters. The zero-order valence-electron chi connectivity index (χ0n) is 5.57. The Bertz CT molecular complexity index is 207. The van der Waals surface area contributed by atoms with Crippen molar-refractivity contribution in [3.05, 3.63) is 0 Å². The Kier molecular flexibility index (Phi) is 2.28. The molecule has 4 nitrogen and oxygen atoms in total. The number of carbonyl (C=O) groups excluding carboxylic acids is 2. The van der Waals surface area contributed by atoms with Crippen LogP contribution in [0.15, 0.2) is 0 Å². The summed E-state index contributed by atoms with van der Waals surface area (Å²) in [6.45, 7) is 0. The normalized spacial score (nSPS) is 25.3. The van der Waals surface area contributed by atoms with Crippen LogP contribution in [0.1, 0.15) is 6.42 Å². The highest BCUT2D eigenvalue weighted by Gasteiger charge is 2.36. The summed E-state index contributed by atoms with van der Waals surface area (Å²) >= 11 is 0.918. The van der Waals surface area contributed by atoms with Crippen molar-refractivity contribution >= 4 is 28.6 Å². The predicted molar refractivity (Wildman–Crippen MR) is 38.2 cm³/mol. The molecule has 5 heteroatoms. The Morgan fingerprint density at radius 2 is 2.18 bits per heavy atom. The second-order valence-electron chi connectivity index (χ2n) is 2.16. The lowest BCUT2D eigenvalue weighted by molar-refractivity contribution is -0.148. The maximum atomic E-state index is 10.8. The van der Waals surface area contributed by atoms with Crippen LogP contribution in [-0.2, 0) is 14.4 Å². The van der Waals surface area contributed by atoms with E-state index >= 15 is 0 Å². The first-order chi connectivity index (χ1) is 5.13. The number of thioether (sulfide) groups is 1. The lowest BCUT2D eigenvalue weighted by atomic mass is 10.0. The number of aliphatic carboxylic acids is 1. The summed E-state index contributed by atoms with van der Waals surface area (Å²) in [6.07, 6.45) is 0.188. The van der Waals surface area contributed by atoms with Crippen LogP contribution in [0.2, 0.25) is 0 Å². The zero-order chi connectivity index (χ0) is 8.43. The van der Waals surface area contributed by atoms with Crippen LogP contribution in [0, 0.1) is 5.92 Å². The molecule has 1 fully saturated rings. The number of Topliss-reactive ketones (excluding diaryl/α,β-unsaturated/α-hetero) is 1. The van der Waals surface area contributed by atoms with Crippen molar-refractivity contribution in [2.75, 3.05) is 5.75 Å². The first kappa shape index (κ1) is 8.26. The third kappa shape index (κ3) is 1.59. The molecule has 1 aliphatic heterocycles. The molecule has 0 amide bonds. The molecule has 11 heavy (non-hydrogen) atoms. The van der Waals surface area contributed by atoms with Crippen LogP contribution in [-0.4, -0.2) is 27.7 Å². The largest absolute Gasteiger partial charge is 0.480 e. The Hall–Kier alpha value is -0.840. The molecule has 0 aliphatic carbocycles. The molecule has 1 N–H and O–H groups in total. The molecule has 0 saturated carbocycles. The topological polar surface area (TPSA) is 71.4 Å². The van der Waals surface area contributed by atoms with Crippen molar-refractivity contribution in [3.8, 4) is 0 Å². The molecule has 1 aliphatic rings. The number of hydrogen-bond donors (Lipinski definition) is 1. The first-order valence-corrected chi connectivity index (χ1v) is 4.03. The van der Waals surface area contributed by atoms with E-state index in [-0.39, 0.29) is 6.42 Å². The molecule has 1 saturated heterocycles. The van der Waals surface area contributed by atoms with E-state index in [4.69, 9.17) is 5.11 Å². The SMILES string of the molecule is O=C(O)C1C(=O)CCSC1=O.